The first-order valence-electron chi connectivity index (χ1n) is 8.20. The van der Waals surface area contributed by atoms with Crippen molar-refractivity contribution in [2.24, 2.45) is 5.41 Å². The lowest BCUT2D eigenvalue weighted by Crippen LogP contribution is -2.68. The van der Waals surface area contributed by atoms with Crippen LogP contribution in [0.2, 0.25) is 0 Å². The van der Waals surface area contributed by atoms with E-state index in [9.17, 15) is 4.79 Å². The number of ether oxygens (including phenoxy) is 1. The molecule has 4 heterocycles. The number of anilines is 1. The molecule has 3 fully saturated rings. The highest BCUT2D eigenvalue weighted by Crippen LogP contribution is 2.41. The monoisotopic (exact) mass is 302 g/mol. The molecule has 0 unspecified atom stereocenters. The summed E-state index contributed by atoms with van der Waals surface area (Å²) in [5.74, 6) is 0.727. The van der Waals surface area contributed by atoms with Crippen LogP contribution >= 0.6 is 0 Å². The summed E-state index contributed by atoms with van der Waals surface area (Å²) in [5, 5.41) is 0. The average molecular weight is 302 g/mol. The predicted molar refractivity (Wildman–Crippen MR) is 81.5 cm³/mol. The lowest BCUT2D eigenvalue weighted by Gasteiger charge is -2.52. The van der Waals surface area contributed by atoms with Crippen molar-refractivity contribution in [1.82, 2.24) is 14.9 Å². The van der Waals surface area contributed by atoms with E-state index in [-0.39, 0.29) is 11.3 Å². The second-order valence-electron chi connectivity index (χ2n) is 6.69. The summed E-state index contributed by atoms with van der Waals surface area (Å²) >= 11 is 0. The fourth-order valence-corrected chi connectivity index (χ4v) is 3.99. The lowest BCUT2D eigenvalue weighted by atomic mass is 9.72. The molecule has 4 rings (SSSR count). The number of amides is 1. The van der Waals surface area contributed by atoms with Crippen molar-refractivity contribution in [3.8, 4) is 0 Å². The number of hydrogen-bond donors (Lipinski definition) is 0. The van der Waals surface area contributed by atoms with E-state index in [4.69, 9.17) is 4.74 Å². The van der Waals surface area contributed by atoms with Crippen molar-refractivity contribution in [3.05, 3.63) is 18.5 Å². The van der Waals surface area contributed by atoms with Crippen LogP contribution in [0.15, 0.2) is 18.5 Å². The van der Waals surface area contributed by atoms with E-state index in [1.165, 1.54) is 6.42 Å². The van der Waals surface area contributed by atoms with E-state index in [1.54, 1.807) is 23.4 Å². The van der Waals surface area contributed by atoms with Crippen molar-refractivity contribution in [2.75, 3.05) is 37.7 Å². The molecule has 0 radical (unpaired) electrons. The molecule has 1 aromatic heterocycles. The van der Waals surface area contributed by atoms with Crippen molar-refractivity contribution in [3.63, 3.8) is 0 Å². The Balaban J connectivity index is 1.41. The van der Waals surface area contributed by atoms with Gasteiger partial charge in [-0.3, -0.25) is 14.6 Å². The van der Waals surface area contributed by atoms with Gasteiger partial charge in [0.25, 0.3) is 0 Å². The number of carbonyl (C=O) groups excluding carboxylic acids is 1. The Kier molecular flexibility index (Phi) is 3.58. The Morgan fingerprint density at radius 2 is 2.14 bits per heavy atom. The standard InChI is InChI=1S/C16H22N4O2/c21-14-16(12-20(14)15-17-6-3-7-18-15)5-2-8-19(11-16)10-13-4-1-9-22-13/h3,6-7,13H,1-2,4-5,8-12H2/t13-,16-/m0/s1. The topological polar surface area (TPSA) is 58.6 Å². The van der Waals surface area contributed by atoms with Crippen LogP contribution in [-0.2, 0) is 9.53 Å². The van der Waals surface area contributed by atoms with E-state index in [0.717, 1.165) is 52.0 Å². The van der Waals surface area contributed by atoms with Crippen molar-refractivity contribution in [2.45, 2.75) is 31.8 Å². The third-order valence-corrected chi connectivity index (χ3v) is 5.09. The molecule has 3 aliphatic heterocycles. The highest BCUT2D eigenvalue weighted by Gasteiger charge is 2.55. The minimum Gasteiger partial charge on any atom is -0.377 e. The maximum absolute atomic E-state index is 12.7. The molecule has 22 heavy (non-hydrogen) atoms. The van der Waals surface area contributed by atoms with Crippen LogP contribution in [0.1, 0.15) is 25.7 Å². The third-order valence-electron chi connectivity index (χ3n) is 5.09. The maximum Gasteiger partial charge on any atom is 0.238 e. The molecule has 1 aromatic rings. The summed E-state index contributed by atoms with van der Waals surface area (Å²) in [5.41, 5.74) is -0.212. The van der Waals surface area contributed by atoms with E-state index < -0.39 is 0 Å². The molecule has 0 N–H and O–H groups in total. The van der Waals surface area contributed by atoms with Crippen LogP contribution in [0.25, 0.3) is 0 Å². The number of β-lactam (4-membered cyclic amide) rings is 1. The zero-order valence-corrected chi connectivity index (χ0v) is 12.8. The van der Waals surface area contributed by atoms with Gasteiger partial charge in [0, 0.05) is 38.6 Å². The van der Waals surface area contributed by atoms with Gasteiger partial charge in [-0.05, 0) is 38.3 Å². The van der Waals surface area contributed by atoms with Gasteiger partial charge in [0.15, 0.2) is 0 Å². The molecule has 3 saturated heterocycles. The van der Waals surface area contributed by atoms with Crippen LogP contribution in [0.3, 0.4) is 0 Å². The van der Waals surface area contributed by atoms with Crippen LogP contribution in [0, 0.1) is 5.41 Å². The maximum atomic E-state index is 12.7. The average Bonchev–Trinajstić information content (AvgIpc) is 3.06. The second-order valence-corrected chi connectivity index (χ2v) is 6.69. The van der Waals surface area contributed by atoms with E-state index in [2.05, 4.69) is 14.9 Å². The summed E-state index contributed by atoms with van der Waals surface area (Å²) in [4.78, 5) is 25.2. The molecule has 3 aliphatic rings. The SMILES string of the molecule is O=C1N(c2ncccn2)C[C@@]12CCCN(C[C@@H]1CCCO1)C2. The van der Waals surface area contributed by atoms with Gasteiger partial charge in [0.2, 0.25) is 11.9 Å². The Morgan fingerprint density at radius 3 is 2.86 bits per heavy atom. The molecule has 0 saturated carbocycles. The Labute approximate surface area is 130 Å². The van der Waals surface area contributed by atoms with Crippen molar-refractivity contribution < 1.29 is 9.53 Å². The highest BCUT2D eigenvalue weighted by molar-refractivity contribution is 6.03. The van der Waals surface area contributed by atoms with Crippen molar-refractivity contribution in [1.29, 1.82) is 0 Å². The van der Waals surface area contributed by atoms with Gasteiger partial charge in [-0.2, -0.15) is 0 Å². The normalized spacial score (nSPS) is 32.5. The minimum atomic E-state index is -0.212. The number of piperidine rings is 1. The first-order valence-corrected chi connectivity index (χ1v) is 8.20. The second kappa shape index (κ2) is 5.59. The number of nitrogens with zero attached hydrogens (tertiary/aromatic N) is 4. The lowest BCUT2D eigenvalue weighted by molar-refractivity contribution is -0.140. The molecule has 0 bridgehead atoms. The van der Waals surface area contributed by atoms with Crippen LogP contribution in [-0.4, -0.2) is 59.7 Å². The van der Waals surface area contributed by atoms with Gasteiger partial charge in [0.1, 0.15) is 0 Å². The number of rotatable bonds is 3. The minimum absolute atomic E-state index is 0.191. The molecule has 6 heteroatoms. The molecular formula is C16H22N4O2. The summed E-state index contributed by atoms with van der Waals surface area (Å²) in [6.45, 7) is 4.54. The zero-order chi connectivity index (χ0) is 15.0. The zero-order valence-electron chi connectivity index (χ0n) is 12.8. The molecule has 1 spiro atoms. The van der Waals surface area contributed by atoms with E-state index in [0.29, 0.717) is 12.1 Å². The van der Waals surface area contributed by atoms with Gasteiger partial charge >= 0.3 is 0 Å². The summed E-state index contributed by atoms with van der Waals surface area (Å²) in [6, 6.07) is 1.77. The first-order chi connectivity index (χ1) is 10.8. The highest BCUT2D eigenvalue weighted by atomic mass is 16.5. The number of carbonyl (C=O) groups is 1. The summed E-state index contributed by atoms with van der Waals surface area (Å²) < 4.78 is 5.74. The molecule has 6 nitrogen and oxygen atoms in total. The molecule has 0 aromatic carbocycles. The van der Waals surface area contributed by atoms with Gasteiger partial charge in [-0.25, -0.2) is 9.97 Å². The molecular weight excluding hydrogens is 280 g/mol. The Morgan fingerprint density at radius 1 is 1.27 bits per heavy atom. The largest absolute Gasteiger partial charge is 0.377 e. The number of aromatic nitrogens is 2. The number of hydrogen-bond acceptors (Lipinski definition) is 5. The molecule has 0 aliphatic carbocycles. The van der Waals surface area contributed by atoms with E-state index in [1.807, 2.05) is 0 Å². The van der Waals surface area contributed by atoms with Crippen LogP contribution in [0.4, 0.5) is 5.95 Å². The smallest absolute Gasteiger partial charge is 0.238 e. The fraction of sp³-hybridized carbons (Fsp3) is 0.688. The fourth-order valence-electron chi connectivity index (χ4n) is 3.99. The Hall–Kier alpha value is -1.53. The van der Waals surface area contributed by atoms with Crippen LogP contribution in [0.5, 0.6) is 0 Å². The molecule has 1 amide bonds. The first kappa shape index (κ1) is 14.1. The quantitative estimate of drug-likeness (QED) is 0.782. The van der Waals surface area contributed by atoms with E-state index >= 15 is 0 Å². The summed E-state index contributed by atoms with van der Waals surface area (Å²) in [6.07, 6.45) is 8.12. The van der Waals surface area contributed by atoms with Gasteiger partial charge in [0.05, 0.1) is 11.5 Å². The number of likely N-dealkylation sites (tertiary alicyclic amines) is 1. The molecule has 2 atom stereocenters. The van der Waals surface area contributed by atoms with Gasteiger partial charge < -0.3 is 4.74 Å². The third kappa shape index (κ3) is 2.40. The van der Waals surface area contributed by atoms with Gasteiger partial charge in [-0.15, -0.1) is 0 Å². The van der Waals surface area contributed by atoms with Crippen molar-refractivity contribution >= 4 is 11.9 Å². The van der Waals surface area contributed by atoms with Gasteiger partial charge in [-0.1, -0.05) is 0 Å². The summed E-state index contributed by atoms with van der Waals surface area (Å²) in [7, 11) is 0. The predicted octanol–water partition coefficient (Wildman–Crippen LogP) is 1.08. The van der Waals surface area contributed by atoms with Crippen LogP contribution < -0.4 is 4.90 Å². The molecule has 118 valence electrons. The Bertz CT molecular complexity index is 546.